The molecule has 0 saturated carbocycles. The highest BCUT2D eigenvalue weighted by molar-refractivity contribution is 7.86. The second-order valence-electron chi connectivity index (χ2n) is 5.81. The number of hydrogen-bond donors (Lipinski definition) is 0. The zero-order valence-electron chi connectivity index (χ0n) is 13.0. The molecule has 0 N–H and O–H groups in total. The van der Waals surface area contributed by atoms with E-state index in [1.165, 1.54) is 15.7 Å². The number of piperidine rings is 1. The first-order chi connectivity index (χ1) is 10.4. The van der Waals surface area contributed by atoms with E-state index in [1.807, 2.05) is 0 Å². The Morgan fingerprint density at radius 3 is 2.95 bits per heavy atom. The lowest BCUT2D eigenvalue weighted by Gasteiger charge is -2.34. The largest absolute Gasteiger partial charge is 0.281 e. The predicted octanol–water partition coefficient (Wildman–Crippen LogP) is 0.326. The van der Waals surface area contributed by atoms with E-state index in [4.69, 9.17) is 5.26 Å². The van der Waals surface area contributed by atoms with Crippen LogP contribution in [0.3, 0.4) is 0 Å². The Bertz CT molecular complexity index is 609. The zero-order chi connectivity index (χ0) is 16.2. The Kier molecular flexibility index (Phi) is 5.50. The van der Waals surface area contributed by atoms with Gasteiger partial charge in [-0.1, -0.05) is 5.21 Å². The molecule has 8 nitrogen and oxygen atoms in total. The molecule has 0 radical (unpaired) electrons. The first kappa shape index (κ1) is 16.9. The Balaban J connectivity index is 1.99. The fourth-order valence-corrected chi connectivity index (χ4v) is 4.26. The van der Waals surface area contributed by atoms with Gasteiger partial charge in [-0.05, 0) is 25.7 Å². The van der Waals surface area contributed by atoms with E-state index in [9.17, 15) is 8.42 Å². The van der Waals surface area contributed by atoms with Crippen LogP contribution in [0.2, 0.25) is 0 Å². The minimum atomic E-state index is -3.51. The summed E-state index contributed by atoms with van der Waals surface area (Å²) in [4.78, 5) is 0. The summed E-state index contributed by atoms with van der Waals surface area (Å²) in [5.74, 6) is -0.0949. The van der Waals surface area contributed by atoms with Crippen LogP contribution in [0, 0.1) is 23.2 Å². The minimum absolute atomic E-state index is 0.211. The third-order valence-electron chi connectivity index (χ3n) is 3.87. The maximum atomic E-state index is 12.6. The highest BCUT2D eigenvalue weighted by Crippen LogP contribution is 2.22. The molecule has 1 aromatic heterocycles. The van der Waals surface area contributed by atoms with Gasteiger partial charge in [0, 0.05) is 39.4 Å². The molecule has 2 heterocycles. The van der Waals surface area contributed by atoms with Gasteiger partial charge in [0.2, 0.25) is 0 Å². The number of rotatable bonds is 6. The summed E-state index contributed by atoms with van der Waals surface area (Å²) in [6, 6.07) is 2.07. The molecular weight excluding hydrogens is 304 g/mol. The van der Waals surface area contributed by atoms with Crippen molar-refractivity contribution in [2.45, 2.75) is 26.3 Å². The van der Waals surface area contributed by atoms with Gasteiger partial charge in [-0.3, -0.25) is 4.68 Å². The molecule has 122 valence electrons. The standard InChI is InChI=1S/C13H22N6O2S/c1-12(8-14)9-17(2)22(20,21)19-6-3-4-13(11-19)10-18-7-5-15-16-18/h5,7,12-13H,3-4,6,9-11H2,1-2H3. The van der Waals surface area contributed by atoms with Crippen molar-refractivity contribution in [3.8, 4) is 6.07 Å². The molecule has 2 atom stereocenters. The topological polar surface area (TPSA) is 95.1 Å². The fourth-order valence-electron chi connectivity index (χ4n) is 2.70. The van der Waals surface area contributed by atoms with E-state index in [0.29, 0.717) is 19.6 Å². The molecular formula is C13H22N6O2S. The zero-order valence-corrected chi connectivity index (χ0v) is 13.8. The van der Waals surface area contributed by atoms with E-state index in [0.717, 1.165) is 12.8 Å². The summed E-state index contributed by atoms with van der Waals surface area (Å²) < 4.78 is 29.7. The van der Waals surface area contributed by atoms with Crippen LogP contribution >= 0.6 is 0 Å². The smallest absolute Gasteiger partial charge is 0.252 e. The monoisotopic (exact) mass is 326 g/mol. The summed E-state index contributed by atoms with van der Waals surface area (Å²) in [6.07, 6.45) is 5.22. The van der Waals surface area contributed by atoms with Gasteiger partial charge in [0.25, 0.3) is 10.2 Å². The molecule has 2 rings (SSSR count). The van der Waals surface area contributed by atoms with E-state index >= 15 is 0 Å². The average Bonchev–Trinajstić information content (AvgIpc) is 3.00. The SMILES string of the molecule is CC(C#N)CN(C)S(=O)(=O)N1CCCC(Cn2ccnn2)C1. The van der Waals surface area contributed by atoms with Crippen molar-refractivity contribution in [1.29, 1.82) is 5.26 Å². The first-order valence-corrected chi connectivity index (χ1v) is 8.78. The van der Waals surface area contributed by atoms with Crippen molar-refractivity contribution in [1.82, 2.24) is 23.6 Å². The molecule has 0 amide bonds. The Hall–Kier alpha value is -1.50. The summed E-state index contributed by atoms with van der Waals surface area (Å²) in [5.41, 5.74) is 0. The fraction of sp³-hybridized carbons (Fsp3) is 0.769. The molecule has 1 aromatic rings. The number of nitrogens with zero attached hydrogens (tertiary/aromatic N) is 6. The van der Waals surface area contributed by atoms with Gasteiger partial charge in [0.15, 0.2) is 0 Å². The van der Waals surface area contributed by atoms with Gasteiger partial charge in [-0.25, -0.2) is 0 Å². The third-order valence-corrected chi connectivity index (χ3v) is 5.79. The molecule has 0 spiro atoms. The van der Waals surface area contributed by atoms with Crippen molar-refractivity contribution in [2.75, 3.05) is 26.7 Å². The van der Waals surface area contributed by atoms with E-state index in [1.54, 1.807) is 24.0 Å². The molecule has 22 heavy (non-hydrogen) atoms. The van der Waals surface area contributed by atoms with Gasteiger partial charge in [-0.15, -0.1) is 5.10 Å². The Morgan fingerprint density at radius 2 is 2.32 bits per heavy atom. The van der Waals surface area contributed by atoms with Crippen LogP contribution < -0.4 is 0 Å². The summed E-state index contributed by atoms with van der Waals surface area (Å²) >= 11 is 0. The van der Waals surface area contributed by atoms with Gasteiger partial charge in [0.05, 0.1) is 18.2 Å². The summed E-state index contributed by atoms with van der Waals surface area (Å²) in [7, 11) is -1.98. The van der Waals surface area contributed by atoms with Crippen molar-refractivity contribution < 1.29 is 8.42 Å². The van der Waals surface area contributed by atoms with Gasteiger partial charge >= 0.3 is 0 Å². The number of aromatic nitrogens is 3. The second-order valence-corrected chi connectivity index (χ2v) is 7.85. The highest BCUT2D eigenvalue weighted by atomic mass is 32.2. The lowest BCUT2D eigenvalue weighted by atomic mass is 10.00. The van der Waals surface area contributed by atoms with Crippen molar-refractivity contribution >= 4 is 10.2 Å². The second kappa shape index (κ2) is 7.17. The number of nitriles is 1. The van der Waals surface area contributed by atoms with E-state index in [-0.39, 0.29) is 18.4 Å². The van der Waals surface area contributed by atoms with Crippen LogP contribution in [0.25, 0.3) is 0 Å². The van der Waals surface area contributed by atoms with Crippen LogP contribution in [-0.4, -0.2) is 58.7 Å². The maximum absolute atomic E-state index is 12.6. The molecule has 0 aromatic carbocycles. The van der Waals surface area contributed by atoms with Crippen molar-refractivity contribution in [2.24, 2.45) is 11.8 Å². The quantitative estimate of drug-likeness (QED) is 0.750. The molecule has 2 unspecified atom stereocenters. The van der Waals surface area contributed by atoms with Crippen molar-refractivity contribution in [3.05, 3.63) is 12.4 Å². The number of hydrogen-bond acceptors (Lipinski definition) is 5. The molecule has 1 aliphatic heterocycles. The normalized spacial score (nSPS) is 21.6. The van der Waals surface area contributed by atoms with Crippen LogP contribution in [0.1, 0.15) is 19.8 Å². The van der Waals surface area contributed by atoms with E-state index in [2.05, 4.69) is 16.4 Å². The highest BCUT2D eigenvalue weighted by Gasteiger charge is 2.32. The van der Waals surface area contributed by atoms with Gasteiger partial charge < -0.3 is 0 Å². The lowest BCUT2D eigenvalue weighted by molar-refractivity contribution is 0.226. The predicted molar refractivity (Wildman–Crippen MR) is 80.6 cm³/mol. The van der Waals surface area contributed by atoms with Crippen LogP contribution in [0.5, 0.6) is 0 Å². The third kappa shape index (κ3) is 4.03. The molecule has 9 heteroatoms. The van der Waals surface area contributed by atoms with Gasteiger partial charge in [-0.2, -0.15) is 22.3 Å². The van der Waals surface area contributed by atoms with Crippen LogP contribution in [0.4, 0.5) is 0 Å². The molecule has 1 saturated heterocycles. The molecule has 0 aliphatic carbocycles. The molecule has 1 aliphatic rings. The lowest BCUT2D eigenvalue weighted by Crippen LogP contribution is -2.48. The summed E-state index contributed by atoms with van der Waals surface area (Å²) in [6.45, 7) is 3.61. The minimum Gasteiger partial charge on any atom is -0.252 e. The van der Waals surface area contributed by atoms with Crippen LogP contribution in [0.15, 0.2) is 12.4 Å². The Labute approximate surface area is 131 Å². The first-order valence-electron chi connectivity index (χ1n) is 7.38. The van der Waals surface area contributed by atoms with Crippen molar-refractivity contribution in [3.63, 3.8) is 0 Å². The van der Waals surface area contributed by atoms with Crippen LogP contribution in [-0.2, 0) is 16.8 Å². The maximum Gasteiger partial charge on any atom is 0.281 e. The van der Waals surface area contributed by atoms with E-state index < -0.39 is 10.2 Å². The summed E-state index contributed by atoms with van der Waals surface area (Å²) in [5, 5.41) is 16.5. The molecule has 1 fully saturated rings. The average molecular weight is 326 g/mol. The Morgan fingerprint density at radius 1 is 1.55 bits per heavy atom. The molecule has 0 bridgehead atoms. The van der Waals surface area contributed by atoms with Gasteiger partial charge in [0.1, 0.15) is 0 Å².